The second-order valence-corrected chi connectivity index (χ2v) is 8.82. The zero-order valence-corrected chi connectivity index (χ0v) is 18.8. The first-order chi connectivity index (χ1) is 15.0. The van der Waals surface area contributed by atoms with Gasteiger partial charge >= 0.3 is 0 Å². The maximum Gasteiger partial charge on any atom is 0.259 e. The Labute approximate surface area is 192 Å². The number of benzene rings is 2. The minimum absolute atomic E-state index is 0.283. The summed E-state index contributed by atoms with van der Waals surface area (Å²) in [5, 5.41) is 27.3. The molecule has 0 unspecified atom stereocenters. The summed E-state index contributed by atoms with van der Waals surface area (Å²) in [5.74, 6) is -2.61. The molecule has 1 aliphatic heterocycles. The van der Waals surface area contributed by atoms with Gasteiger partial charge in [0.05, 0.1) is 23.8 Å². The number of aromatic nitrogens is 1. The van der Waals surface area contributed by atoms with Crippen molar-refractivity contribution in [3.8, 4) is 23.4 Å². The van der Waals surface area contributed by atoms with E-state index < -0.39 is 17.8 Å². The lowest BCUT2D eigenvalue weighted by molar-refractivity contribution is -0.120. The van der Waals surface area contributed by atoms with Crippen LogP contribution in [0.4, 0.5) is 5.13 Å². The lowest BCUT2D eigenvalue weighted by atomic mass is 9.76. The number of nitrogens with zero attached hydrogens (tertiary/aromatic N) is 5. The van der Waals surface area contributed by atoms with E-state index in [0.29, 0.717) is 10.8 Å². The number of nitriles is 2. The molecule has 0 bridgehead atoms. The summed E-state index contributed by atoms with van der Waals surface area (Å²) in [6.07, 6.45) is 0. The van der Waals surface area contributed by atoms with E-state index in [4.69, 9.17) is 0 Å². The number of anilines is 1. The zero-order chi connectivity index (χ0) is 22.0. The highest BCUT2D eigenvalue weighted by atomic mass is 79.9. The van der Waals surface area contributed by atoms with E-state index in [1.165, 1.54) is 16.3 Å². The Morgan fingerprint density at radius 3 is 2.42 bits per heavy atom. The zero-order valence-electron chi connectivity index (χ0n) is 16.4. The molecule has 1 aromatic heterocycles. The van der Waals surface area contributed by atoms with Crippen molar-refractivity contribution in [3.05, 3.63) is 70.0 Å². The van der Waals surface area contributed by atoms with Crippen molar-refractivity contribution >= 4 is 44.0 Å². The monoisotopic (exact) mass is 489 g/mol. The first-order valence-corrected chi connectivity index (χ1v) is 11.2. The maximum absolute atomic E-state index is 13.4. The van der Waals surface area contributed by atoms with E-state index in [0.717, 1.165) is 21.3 Å². The molecule has 0 fully saturated rings. The van der Waals surface area contributed by atoms with Crippen molar-refractivity contribution in [2.75, 3.05) is 5.01 Å². The topological polar surface area (TPSA) is 93.1 Å². The Morgan fingerprint density at radius 2 is 1.77 bits per heavy atom. The molecule has 1 amide bonds. The summed E-state index contributed by atoms with van der Waals surface area (Å²) in [4.78, 5) is 18.0. The quantitative estimate of drug-likeness (QED) is 0.482. The second-order valence-electron chi connectivity index (χ2n) is 7.06. The second kappa shape index (κ2) is 8.81. The minimum Gasteiger partial charge on any atom is -0.272 e. The van der Waals surface area contributed by atoms with Gasteiger partial charge in [-0.2, -0.15) is 20.6 Å². The highest BCUT2D eigenvalue weighted by Gasteiger charge is 2.45. The van der Waals surface area contributed by atoms with Gasteiger partial charge in [0.2, 0.25) is 5.13 Å². The molecule has 0 saturated heterocycles. The van der Waals surface area contributed by atoms with Crippen LogP contribution in [-0.4, -0.2) is 16.6 Å². The van der Waals surface area contributed by atoms with E-state index >= 15 is 0 Å². The van der Waals surface area contributed by atoms with Crippen molar-refractivity contribution in [2.45, 2.75) is 12.8 Å². The molecule has 0 aliphatic carbocycles. The smallest absolute Gasteiger partial charge is 0.259 e. The average molecular weight is 490 g/mol. The molecular weight excluding hydrogens is 474 g/mol. The van der Waals surface area contributed by atoms with Gasteiger partial charge in [0.25, 0.3) is 5.91 Å². The Kier molecular flexibility index (Phi) is 5.94. The Hall–Kier alpha value is -3.33. The predicted molar refractivity (Wildman–Crippen MR) is 123 cm³/mol. The summed E-state index contributed by atoms with van der Waals surface area (Å²) in [5.41, 5.74) is 3.02. The van der Waals surface area contributed by atoms with Crippen LogP contribution in [0.15, 0.2) is 69.6 Å². The number of halogens is 1. The third-order valence-corrected chi connectivity index (χ3v) is 6.52. The number of amides is 1. The third kappa shape index (κ3) is 4.00. The SMILES string of the molecule is CC1=NN(c2nc(-c3ccccc3)cs2)C(=O)[C@@H]1[C@@H](c1ccc(Br)cc1)C(C#N)C#N. The molecule has 8 heteroatoms. The van der Waals surface area contributed by atoms with Crippen molar-refractivity contribution in [1.29, 1.82) is 10.5 Å². The van der Waals surface area contributed by atoms with Crippen LogP contribution >= 0.6 is 27.3 Å². The van der Waals surface area contributed by atoms with Crippen LogP contribution in [0, 0.1) is 34.5 Å². The Morgan fingerprint density at radius 1 is 1.10 bits per heavy atom. The Bertz CT molecular complexity index is 1210. The lowest BCUT2D eigenvalue weighted by Gasteiger charge is -2.24. The molecule has 152 valence electrons. The van der Waals surface area contributed by atoms with E-state index in [9.17, 15) is 15.3 Å². The number of carbonyl (C=O) groups is 1. The van der Waals surface area contributed by atoms with Gasteiger partial charge in [-0.15, -0.1) is 11.3 Å². The highest BCUT2D eigenvalue weighted by Crippen LogP contribution is 2.40. The molecule has 2 atom stereocenters. The molecule has 3 aromatic rings. The van der Waals surface area contributed by atoms with E-state index in [-0.39, 0.29) is 5.91 Å². The lowest BCUT2D eigenvalue weighted by Crippen LogP contribution is -2.34. The minimum atomic E-state index is -0.989. The van der Waals surface area contributed by atoms with E-state index in [1.54, 1.807) is 6.92 Å². The first-order valence-electron chi connectivity index (χ1n) is 9.48. The molecule has 0 spiro atoms. The number of carbonyl (C=O) groups excluding carboxylic acids is 1. The number of hydrogen-bond donors (Lipinski definition) is 0. The maximum atomic E-state index is 13.4. The van der Waals surface area contributed by atoms with E-state index in [2.05, 4.69) is 38.2 Å². The van der Waals surface area contributed by atoms with Gasteiger partial charge in [0.15, 0.2) is 0 Å². The molecule has 31 heavy (non-hydrogen) atoms. The first kappa shape index (κ1) is 20.9. The van der Waals surface area contributed by atoms with Gasteiger partial charge in [-0.05, 0) is 24.6 Å². The van der Waals surface area contributed by atoms with Crippen molar-refractivity contribution in [3.63, 3.8) is 0 Å². The number of rotatable bonds is 5. The van der Waals surface area contributed by atoms with Gasteiger partial charge in [-0.25, -0.2) is 4.98 Å². The molecule has 0 saturated carbocycles. The largest absolute Gasteiger partial charge is 0.272 e. The molecular formula is C23H16BrN5OS. The summed E-state index contributed by atoms with van der Waals surface area (Å²) in [6, 6.07) is 21.1. The van der Waals surface area contributed by atoms with Gasteiger partial charge in [0, 0.05) is 27.0 Å². The molecule has 1 aliphatic rings. The normalized spacial score (nSPS) is 16.7. The van der Waals surface area contributed by atoms with Crippen LogP contribution in [0.1, 0.15) is 18.4 Å². The van der Waals surface area contributed by atoms with E-state index in [1.807, 2.05) is 60.0 Å². The molecule has 0 N–H and O–H groups in total. The molecule has 6 nitrogen and oxygen atoms in total. The van der Waals surface area contributed by atoms with Crippen LogP contribution < -0.4 is 5.01 Å². The van der Waals surface area contributed by atoms with Crippen LogP contribution in [0.5, 0.6) is 0 Å². The summed E-state index contributed by atoms with van der Waals surface area (Å²) in [6.45, 7) is 1.76. The van der Waals surface area contributed by atoms with Crippen LogP contribution in [0.2, 0.25) is 0 Å². The van der Waals surface area contributed by atoms with Crippen molar-refractivity contribution < 1.29 is 4.79 Å². The number of thiazole rings is 1. The summed E-state index contributed by atoms with van der Waals surface area (Å²) < 4.78 is 0.876. The number of hydrogen-bond acceptors (Lipinski definition) is 6. The molecule has 2 aromatic carbocycles. The molecule has 0 radical (unpaired) electrons. The van der Waals surface area contributed by atoms with Gasteiger partial charge in [-0.3, -0.25) is 4.79 Å². The van der Waals surface area contributed by atoms with Gasteiger partial charge in [0.1, 0.15) is 5.92 Å². The highest BCUT2D eigenvalue weighted by molar-refractivity contribution is 9.10. The molecule has 4 rings (SSSR count). The van der Waals surface area contributed by atoms with Crippen LogP contribution in [0.25, 0.3) is 11.3 Å². The van der Waals surface area contributed by atoms with Crippen molar-refractivity contribution in [1.82, 2.24) is 4.98 Å². The van der Waals surface area contributed by atoms with Crippen LogP contribution in [-0.2, 0) is 4.79 Å². The van der Waals surface area contributed by atoms with Gasteiger partial charge in [-0.1, -0.05) is 58.4 Å². The predicted octanol–water partition coefficient (Wildman–Crippen LogP) is 5.36. The summed E-state index contributed by atoms with van der Waals surface area (Å²) in [7, 11) is 0. The fraction of sp³-hybridized carbons (Fsp3) is 0.174. The fourth-order valence-electron chi connectivity index (χ4n) is 3.69. The third-order valence-electron chi connectivity index (χ3n) is 5.18. The Balaban J connectivity index is 1.69. The average Bonchev–Trinajstić information content (AvgIpc) is 3.38. The van der Waals surface area contributed by atoms with Crippen molar-refractivity contribution in [2.24, 2.45) is 16.9 Å². The van der Waals surface area contributed by atoms with Gasteiger partial charge < -0.3 is 0 Å². The van der Waals surface area contributed by atoms with Crippen LogP contribution in [0.3, 0.4) is 0 Å². The molecule has 2 heterocycles. The number of hydrazone groups is 1. The summed E-state index contributed by atoms with van der Waals surface area (Å²) >= 11 is 4.73. The fourth-order valence-corrected chi connectivity index (χ4v) is 4.74. The standard InChI is InChI=1S/C23H16BrN5OS/c1-14-20(21(17(11-25)12-26)16-7-9-18(24)10-8-16)22(30)29(28-14)23-27-19(13-31-23)15-5-3-2-4-6-15/h2-10,13,17,20-21H,1H3/t20-,21-/m0/s1.